The quantitative estimate of drug-likeness (QED) is 0.422. The molecule has 0 aliphatic heterocycles. The predicted molar refractivity (Wildman–Crippen MR) is 128 cm³/mol. The number of para-hydroxylation sites is 1. The highest BCUT2D eigenvalue weighted by Crippen LogP contribution is 2.24. The standard InChI is InChI=1S/C27H23N5O/c1-19-25(30-31-32(19)24-16-8-14-22-15-9-17-28-26(22)24)27(33)29-18-23(20-10-4-2-5-11-20)21-12-6-3-7-13-21/h2-17,23H,18H2,1H3,(H,29,33). The number of rotatable bonds is 6. The van der Waals surface area contributed by atoms with Crippen molar-refractivity contribution < 1.29 is 4.79 Å². The van der Waals surface area contributed by atoms with Crippen molar-refractivity contribution in [2.45, 2.75) is 12.8 Å². The van der Waals surface area contributed by atoms with Crippen molar-refractivity contribution in [3.63, 3.8) is 0 Å². The molecule has 162 valence electrons. The van der Waals surface area contributed by atoms with Gasteiger partial charge in [0.25, 0.3) is 5.91 Å². The molecule has 0 radical (unpaired) electrons. The Kier molecular flexibility index (Phi) is 5.64. The highest BCUT2D eigenvalue weighted by atomic mass is 16.2. The van der Waals surface area contributed by atoms with Crippen LogP contribution in [0.5, 0.6) is 0 Å². The SMILES string of the molecule is Cc1c(C(=O)NCC(c2ccccc2)c2ccccc2)nnn1-c1cccc2cccnc12. The molecule has 3 aromatic carbocycles. The average Bonchev–Trinajstić information content (AvgIpc) is 3.26. The minimum absolute atomic E-state index is 0.0361. The number of hydrogen-bond acceptors (Lipinski definition) is 4. The van der Waals surface area contributed by atoms with Crippen molar-refractivity contribution in [1.29, 1.82) is 0 Å². The molecule has 0 aliphatic carbocycles. The number of amides is 1. The number of nitrogens with zero attached hydrogens (tertiary/aromatic N) is 4. The van der Waals surface area contributed by atoms with Crippen LogP contribution >= 0.6 is 0 Å². The normalized spacial score (nSPS) is 11.1. The Labute approximate surface area is 191 Å². The van der Waals surface area contributed by atoms with E-state index in [0.29, 0.717) is 17.9 Å². The number of nitrogens with one attached hydrogen (secondary N) is 1. The predicted octanol–water partition coefficient (Wildman–Crippen LogP) is 4.69. The van der Waals surface area contributed by atoms with E-state index in [9.17, 15) is 4.79 Å². The molecule has 0 aliphatic rings. The van der Waals surface area contributed by atoms with Crippen molar-refractivity contribution in [2.75, 3.05) is 6.54 Å². The molecule has 1 amide bonds. The van der Waals surface area contributed by atoms with E-state index >= 15 is 0 Å². The van der Waals surface area contributed by atoms with Gasteiger partial charge in [-0.2, -0.15) is 0 Å². The fraction of sp³-hybridized carbons (Fsp3) is 0.111. The summed E-state index contributed by atoms with van der Waals surface area (Å²) in [6, 6.07) is 30.2. The van der Waals surface area contributed by atoms with Gasteiger partial charge in [-0.25, -0.2) is 4.68 Å². The molecule has 0 spiro atoms. The summed E-state index contributed by atoms with van der Waals surface area (Å²) < 4.78 is 1.68. The Hall–Kier alpha value is -4.32. The number of fused-ring (bicyclic) bond motifs is 1. The fourth-order valence-electron chi connectivity index (χ4n) is 4.10. The van der Waals surface area contributed by atoms with Crippen LogP contribution in [0.15, 0.2) is 97.2 Å². The number of benzene rings is 3. The van der Waals surface area contributed by atoms with Gasteiger partial charge < -0.3 is 5.32 Å². The Morgan fingerprint density at radius 2 is 1.55 bits per heavy atom. The van der Waals surface area contributed by atoms with Crippen molar-refractivity contribution in [1.82, 2.24) is 25.3 Å². The molecule has 2 heterocycles. The lowest BCUT2D eigenvalue weighted by molar-refractivity contribution is 0.0946. The first kappa shape index (κ1) is 20.6. The molecule has 0 bridgehead atoms. The number of pyridine rings is 1. The van der Waals surface area contributed by atoms with Gasteiger partial charge in [-0.1, -0.05) is 84.1 Å². The molecule has 0 atom stereocenters. The van der Waals surface area contributed by atoms with Crippen molar-refractivity contribution in [3.8, 4) is 5.69 Å². The van der Waals surface area contributed by atoms with Crippen LogP contribution in [0, 0.1) is 6.92 Å². The van der Waals surface area contributed by atoms with Gasteiger partial charge >= 0.3 is 0 Å². The van der Waals surface area contributed by atoms with Crippen LogP contribution in [-0.2, 0) is 0 Å². The van der Waals surface area contributed by atoms with Crippen molar-refractivity contribution >= 4 is 16.8 Å². The maximum Gasteiger partial charge on any atom is 0.273 e. The molecular formula is C27H23N5O. The van der Waals surface area contributed by atoms with Crippen LogP contribution in [-0.4, -0.2) is 32.4 Å². The van der Waals surface area contributed by atoms with E-state index in [2.05, 4.69) is 44.9 Å². The molecule has 0 unspecified atom stereocenters. The number of carbonyl (C=O) groups is 1. The number of carbonyl (C=O) groups excluding carboxylic acids is 1. The van der Waals surface area contributed by atoms with Gasteiger partial charge in [0.2, 0.25) is 0 Å². The third kappa shape index (κ3) is 4.11. The largest absolute Gasteiger partial charge is 0.350 e. The molecule has 0 saturated carbocycles. The Balaban J connectivity index is 1.41. The van der Waals surface area contributed by atoms with E-state index in [0.717, 1.165) is 27.7 Å². The van der Waals surface area contributed by atoms with Crippen LogP contribution < -0.4 is 5.32 Å². The van der Waals surface area contributed by atoms with E-state index in [-0.39, 0.29) is 11.8 Å². The van der Waals surface area contributed by atoms with E-state index < -0.39 is 0 Å². The lowest BCUT2D eigenvalue weighted by Gasteiger charge is -2.18. The van der Waals surface area contributed by atoms with E-state index in [4.69, 9.17) is 0 Å². The summed E-state index contributed by atoms with van der Waals surface area (Å²) in [7, 11) is 0. The summed E-state index contributed by atoms with van der Waals surface area (Å²) in [6.45, 7) is 2.30. The Bertz CT molecular complexity index is 1350. The maximum atomic E-state index is 13.1. The monoisotopic (exact) mass is 433 g/mol. The highest BCUT2D eigenvalue weighted by molar-refractivity contribution is 5.94. The average molecular weight is 434 g/mol. The van der Waals surface area contributed by atoms with Gasteiger partial charge in [0, 0.05) is 24.0 Å². The summed E-state index contributed by atoms with van der Waals surface area (Å²) >= 11 is 0. The van der Waals surface area contributed by atoms with Gasteiger partial charge in [0.1, 0.15) is 0 Å². The molecule has 5 aromatic rings. The van der Waals surface area contributed by atoms with Crippen molar-refractivity contribution in [2.24, 2.45) is 0 Å². The molecular weight excluding hydrogens is 410 g/mol. The number of hydrogen-bond donors (Lipinski definition) is 1. The molecule has 5 rings (SSSR count). The minimum atomic E-state index is -0.246. The summed E-state index contributed by atoms with van der Waals surface area (Å²) in [6.07, 6.45) is 1.75. The minimum Gasteiger partial charge on any atom is -0.350 e. The zero-order valence-corrected chi connectivity index (χ0v) is 18.2. The van der Waals surface area contributed by atoms with Crippen LogP contribution in [0.25, 0.3) is 16.6 Å². The summed E-state index contributed by atoms with van der Waals surface area (Å²) in [5.74, 6) is -0.210. The van der Waals surface area contributed by atoms with Crippen LogP contribution in [0.2, 0.25) is 0 Å². The lowest BCUT2D eigenvalue weighted by Crippen LogP contribution is -2.29. The molecule has 6 heteroatoms. The molecule has 6 nitrogen and oxygen atoms in total. The van der Waals surface area contributed by atoms with E-state index in [1.54, 1.807) is 10.9 Å². The molecule has 2 aromatic heterocycles. The van der Waals surface area contributed by atoms with Gasteiger partial charge in [-0.05, 0) is 30.2 Å². The first-order valence-corrected chi connectivity index (χ1v) is 10.9. The second kappa shape index (κ2) is 9.04. The molecule has 1 N–H and O–H groups in total. The summed E-state index contributed by atoms with van der Waals surface area (Å²) in [5, 5.41) is 12.5. The molecule has 33 heavy (non-hydrogen) atoms. The van der Waals surface area contributed by atoms with E-state index in [1.165, 1.54) is 0 Å². The lowest BCUT2D eigenvalue weighted by atomic mass is 9.91. The van der Waals surface area contributed by atoms with Gasteiger partial charge in [0.05, 0.1) is 16.9 Å². The van der Waals surface area contributed by atoms with Crippen LogP contribution in [0.1, 0.15) is 33.2 Å². The smallest absolute Gasteiger partial charge is 0.273 e. The summed E-state index contributed by atoms with van der Waals surface area (Å²) in [4.78, 5) is 17.6. The molecule has 0 saturated heterocycles. The van der Waals surface area contributed by atoms with E-state index in [1.807, 2.05) is 73.7 Å². The Morgan fingerprint density at radius 1 is 0.879 bits per heavy atom. The second-order valence-corrected chi connectivity index (χ2v) is 7.87. The first-order valence-electron chi connectivity index (χ1n) is 10.9. The zero-order valence-electron chi connectivity index (χ0n) is 18.2. The zero-order chi connectivity index (χ0) is 22.6. The highest BCUT2D eigenvalue weighted by Gasteiger charge is 2.21. The third-order valence-corrected chi connectivity index (χ3v) is 5.82. The maximum absolute atomic E-state index is 13.1. The Morgan fingerprint density at radius 3 is 2.24 bits per heavy atom. The second-order valence-electron chi connectivity index (χ2n) is 7.87. The van der Waals surface area contributed by atoms with Gasteiger partial charge in [0.15, 0.2) is 5.69 Å². The summed E-state index contributed by atoms with van der Waals surface area (Å²) in [5.41, 5.74) is 4.87. The third-order valence-electron chi connectivity index (χ3n) is 5.82. The van der Waals surface area contributed by atoms with Crippen LogP contribution in [0.3, 0.4) is 0 Å². The molecule has 0 fully saturated rings. The van der Waals surface area contributed by atoms with Gasteiger partial charge in [-0.15, -0.1) is 5.10 Å². The van der Waals surface area contributed by atoms with Crippen molar-refractivity contribution in [3.05, 3.63) is 120 Å². The number of aromatic nitrogens is 4. The van der Waals surface area contributed by atoms with Crippen LogP contribution in [0.4, 0.5) is 0 Å². The fourth-order valence-corrected chi connectivity index (χ4v) is 4.10. The van der Waals surface area contributed by atoms with Gasteiger partial charge in [-0.3, -0.25) is 9.78 Å². The first-order chi connectivity index (χ1) is 16.2. The topological polar surface area (TPSA) is 72.7 Å².